The number of para-hydroxylation sites is 2. The summed E-state index contributed by atoms with van der Waals surface area (Å²) in [6.07, 6.45) is 0. The van der Waals surface area contributed by atoms with E-state index in [0.717, 1.165) is 16.7 Å². The molecule has 0 N–H and O–H groups in total. The van der Waals surface area contributed by atoms with Crippen molar-refractivity contribution >= 4 is 11.1 Å². The topological polar surface area (TPSA) is 69.6 Å². The molecule has 0 saturated carbocycles. The third-order valence-corrected chi connectivity index (χ3v) is 3.10. The second-order valence-corrected chi connectivity index (χ2v) is 4.58. The summed E-state index contributed by atoms with van der Waals surface area (Å²) in [5.41, 5.74) is 2.52. The van der Waals surface area contributed by atoms with Gasteiger partial charge in [-0.15, -0.1) is 10.2 Å². The van der Waals surface area contributed by atoms with E-state index in [4.69, 9.17) is 4.42 Å². The molecule has 0 amide bonds. The van der Waals surface area contributed by atoms with Gasteiger partial charge in [-0.3, -0.25) is 0 Å². The van der Waals surface area contributed by atoms with E-state index in [9.17, 15) is 0 Å². The van der Waals surface area contributed by atoms with Crippen molar-refractivity contribution in [3.63, 3.8) is 0 Å². The number of rotatable bonds is 3. The van der Waals surface area contributed by atoms with E-state index in [1.807, 2.05) is 54.6 Å². The van der Waals surface area contributed by atoms with Crippen LogP contribution >= 0.6 is 0 Å². The molecule has 0 atom stereocenters. The van der Waals surface area contributed by atoms with Gasteiger partial charge in [-0.05, 0) is 17.3 Å². The van der Waals surface area contributed by atoms with Crippen LogP contribution in [0.25, 0.3) is 22.5 Å². The highest BCUT2D eigenvalue weighted by molar-refractivity contribution is 5.72. The lowest BCUT2D eigenvalue weighted by Crippen LogP contribution is -2.04. The lowest BCUT2D eigenvalue weighted by molar-refractivity contribution is 0.459. The average molecular weight is 277 g/mol. The van der Waals surface area contributed by atoms with Crippen molar-refractivity contribution in [2.45, 2.75) is 6.54 Å². The summed E-state index contributed by atoms with van der Waals surface area (Å²) in [7, 11) is 0. The first kappa shape index (κ1) is 11.8. The van der Waals surface area contributed by atoms with Gasteiger partial charge in [0.05, 0.1) is 0 Å². The molecule has 102 valence electrons. The standard InChI is InChI=1S/C15H11N5O/c1-2-6-11(7-3-1)15-17-19-20(18-15)10-14-16-12-8-4-5-9-13(12)21-14/h1-9H,10H2. The molecule has 6 nitrogen and oxygen atoms in total. The molecular weight excluding hydrogens is 266 g/mol. The lowest BCUT2D eigenvalue weighted by atomic mass is 10.2. The Morgan fingerprint density at radius 2 is 1.76 bits per heavy atom. The highest BCUT2D eigenvalue weighted by atomic mass is 16.3. The maximum atomic E-state index is 5.65. The fourth-order valence-electron chi connectivity index (χ4n) is 2.12. The number of hydrogen-bond donors (Lipinski definition) is 0. The van der Waals surface area contributed by atoms with E-state index in [1.165, 1.54) is 4.80 Å². The quantitative estimate of drug-likeness (QED) is 0.575. The molecule has 2 aromatic carbocycles. The van der Waals surface area contributed by atoms with Crippen molar-refractivity contribution in [1.82, 2.24) is 25.2 Å². The minimum atomic E-state index is 0.356. The molecule has 6 heteroatoms. The number of aromatic nitrogens is 5. The summed E-state index contributed by atoms with van der Waals surface area (Å²) < 4.78 is 5.65. The summed E-state index contributed by atoms with van der Waals surface area (Å²) in [5.74, 6) is 1.15. The smallest absolute Gasteiger partial charge is 0.219 e. The Balaban J connectivity index is 1.61. The van der Waals surface area contributed by atoms with Crippen LogP contribution in [0.15, 0.2) is 59.0 Å². The first-order valence-electron chi connectivity index (χ1n) is 6.56. The molecule has 2 aromatic heterocycles. The molecule has 0 aliphatic carbocycles. The monoisotopic (exact) mass is 277 g/mol. The molecule has 0 radical (unpaired) electrons. The van der Waals surface area contributed by atoms with E-state index in [1.54, 1.807) is 0 Å². The van der Waals surface area contributed by atoms with E-state index < -0.39 is 0 Å². The Bertz CT molecular complexity index is 848. The largest absolute Gasteiger partial charge is 0.439 e. The van der Waals surface area contributed by atoms with Crippen molar-refractivity contribution in [3.05, 3.63) is 60.5 Å². The zero-order valence-corrected chi connectivity index (χ0v) is 11.0. The summed E-state index contributed by atoms with van der Waals surface area (Å²) >= 11 is 0. The minimum absolute atomic E-state index is 0.356. The molecule has 0 saturated heterocycles. The third-order valence-electron chi connectivity index (χ3n) is 3.10. The average Bonchev–Trinajstić information content (AvgIpc) is 3.14. The summed E-state index contributed by atoms with van der Waals surface area (Å²) in [5, 5.41) is 12.4. The van der Waals surface area contributed by atoms with Gasteiger partial charge in [0.2, 0.25) is 11.7 Å². The normalized spacial score (nSPS) is 11.0. The van der Waals surface area contributed by atoms with Crippen molar-refractivity contribution in [2.24, 2.45) is 0 Å². The number of fused-ring (bicyclic) bond motifs is 1. The molecule has 0 unspecified atom stereocenters. The number of nitrogens with zero attached hydrogens (tertiary/aromatic N) is 5. The van der Waals surface area contributed by atoms with Crippen LogP contribution in [0.2, 0.25) is 0 Å². The van der Waals surface area contributed by atoms with Crippen LogP contribution in [0.1, 0.15) is 5.89 Å². The van der Waals surface area contributed by atoms with Gasteiger partial charge in [-0.25, -0.2) is 4.98 Å². The summed E-state index contributed by atoms with van der Waals surface area (Å²) in [4.78, 5) is 5.87. The highest BCUT2D eigenvalue weighted by Crippen LogP contribution is 2.16. The molecule has 0 bridgehead atoms. The fourth-order valence-corrected chi connectivity index (χ4v) is 2.12. The first-order chi connectivity index (χ1) is 10.4. The first-order valence-corrected chi connectivity index (χ1v) is 6.56. The maximum absolute atomic E-state index is 5.65. The molecule has 21 heavy (non-hydrogen) atoms. The van der Waals surface area contributed by atoms with E-state index in [-0.39, 0.29) is 0 Å². The van der Waals surface area contributed by atoms with Crippen molar-refractivity contribution in [3.8, 4) is 11.4 Å². The summed E-state index contributed by atoms with van der Waals surface area (Å²) in [6.45, 7) is 0.356. The Morgan fingerprint density at radius 1 is 0.952 bits per heavy atom. The number of oxazole rings is 1. The van der Waals surface area contributed by atoms with Gasteiger partial charge in [-0.1, -0.05) is 42.5 Å². The van der Waals surface area contributed by atoms with Gasteiger partial charge in [0.1, 0.15) is 12.1 Å². The van der Waals surface area contributed by atoms with Crippen LogP contribution in [0, 0.1) is 0 Å². The zero-order valence-electron chi connectivity index (χ0n) is 11.0. The molecule has 2 heterocycles. The van der Waals surface area contributed by atoms with Gasteiger partial charge in [0, 0.05) is 5.56 Å². The molecule has 0 spiro atoms. The van der Waals surface area contributed by atoms with Crippen molar-refractivity contribution in [1.29, 1.82) is 0 Å². The van der Waals surface area contributed by atoms with Crippen molar-refractivity contribution in [2.75, 3.05) is 0 Å². The Morgan fingerprint density at radius 3 is 2.62 bits per heavy atom. The minimum Gasteiger partial charge on any atom is -0.439 e. The fraction of sp³-hybridized carbons (Fsp3) is 0.0667. The number of benzene rings is 2. The van der Waals surface area contributed by atoms with E-state index in [2.05, 4.69) is 20.4 Å². The van der Waals surface area contributed by atoms with Gasteiger partial charge in [0.15, 0.2) is 5.58 Å². The molecule has 4 aromatic rings. The van der Waals surface area contributed by atoms with E-state index in [0.29, 0.717) is 18.3 Å². The molecule has 0 fully saturated rings. The van der Waals surface area contributed by atoms with Crippen molar-refractivity contribution < 1.29 is 4.42 Å². The lowest BCUT2D eigenvalue weighted by Gasteiger charge is -1.93. The van der Waals surface area contributed by atoms with Crippen LogP contribution in [0.5, 0.6) is 0 Å². The van der Waals surface area contributed by atoms with Crippen LogP contribution in [-0.4, -0.2) is 25.2 Å². The number of hydrogen-bond acceptors (Lipinski definition) is 5. The SMILES string of the molecule is c1ccc(-c2nnn(Cc3nc4ccccc4o3)n2)cc1. The Labute approximate surface area is 120 Å². The zero-order chi connectivity index (χ0) is 14.1. The predicted octanol–water partition coefficient (Wildman–Crippen LogP) is 2.53. The second kappa shape index (κ2) is 4.82. The maximum Gasteiger partial charge on any atom is 0.219 e. The second-order valence-electron chi connectivity index (χ2n) is 4.58. The number of tetrazole rings is 1. The third kappa shape index (κ3) is 2.27. The molecule has 0 aliphatic rings. The van der Waals surface area contributed by atoms with Gasteiger partial charge >= 0.3 is 0 Å². The van der Waals surface area contributed by atoms with Gasteiger partial charge < -0.3 is 4.42 Å². The van der Waals surface area contributed by atoms with E-state index >= 15 is 0 Å². The van der Waals surface area contributed by atoms with Crippen LogP contribution < -0.4 is 0 Å². The van der Waals surface area contributed by atoms with Crippen LogP contribution in [-0.2, 0) is 6.54 Å². The summed E-state index contributed by atoms with van der Waals surface area (Å²) in [6, 6.07) is 17.4. The molecule has 0 aliphatic heterocycles. The highest BCUT2D eigenvalue weighted by Gasteiger charge is 2.09. The van der Waals surface area contributed by atoms with Crippen LogP contribution in [0.4, 0.5) is 0 Å². The molecular formula is C15H11N5O. The van der Waals surface area contributed by atoms with Crippen LogP contribution in [0.3, 0.4) is 0 Å². The Kier molecular flexibility index (Phi) is 2.71. The van der Waals surface area contributed by atoms with Gasteiger partial charge in [-0.2, -0.15) is 4.80 Å². The predicted molar refractivity (Wildman–Crippen MR) is 76.4 cm³/mol. The Hall–Kier alpha value is -3.02. The molecule has 4 rings (SSSR count). The van der Waals surface area contributed by atoms with Gasteiger partial charge in [0.25, 0.3) is 0 Å².